The maximum absolute atomic E-state index is 8.49. The van der Waals surface area contributed by atoms with E-state index in [0.717, 1.165) is 9.88 Å². The van der Waals surface area contributed by atoms with Crippen molar-refractivity contribution in [1.82, 2.24) is 4.98 Å². The van der Waals surface area contributed by atoms with Crippen LogP contribution in [0.2, 0.25) is 0 Å². The third-order valence-electron chi connectivity index (χ3n) is 0.757. The fourth-order valence-electron chi connectivity index (χ4n) is 0.421. The van der Waals surface area contributed by atoms with Gasteiger partial charge < -0.3 is 5.11 Å². The summed E-state index contributed by atoms with van der Waals surface area (Å²) in [6.07, 6.45) is 1.63. The van der Waals surface area contributed by atoms with E-state index in [1.807, 2.05) is 0 Å². The fraction of sp³-hybridized carbons (Fsp3) is 0.200. The number of aliphatic hydroxyl groups excluding tert-OH is 1. The minimum Gasteiger partial charge on any atom is -0.391 e. The van der Waals surface area contributed by atoms with Gasteiger partial charge >= 0.3 is 0 Å². The molecule has 1 N–H and O–H groups in total. The van der Waals surface area contributed by atoms with Crippen LogP contribution in [-0.4, -0.2) is 10.1 Å². The highest BCUT2D eigenvalue weighted by molar-refractivity contribution is 7.11. The number of aliphatic hydroxyl groups is 1. The molecule has 0 amide bonds. The van der Waals surface area contributed by atoms with Gasteiger partial charge in [-0.25, -0.2) is 4.98 Å². The van der Waals surface area contributed by atoms with Gasteiger partial charge in [0.05, 0.1) is 16.5 Å². The summed E-state index contributed by atoms with van der Waals surface area (Å²) in [7, 11) is 0. The monoisotopic (exact) mass is 128 g/mol. The molecule has 1 rings (SSSR count). The Hall–Kier alpha value is -0.410. The number of aromatic nitrogens is 1. The number of hydrogen-bond donors (Lipinski definition) is 1. The molecular formula is C5H6NOS. The molecule has 0 unspecified atom stereocenters. The molecule has 1 aromatic rings. The molecule has 1 aromatic heterocycles. The first-order valence-electron chi connectivity index (χ1n) is 2.20. The summed E-state index contributed by atoms with van der Waals surface area (Å²) in [4.78, 5) is 4.71. The standard InChI is InChI=1S/C5H6NOS/c1-4-6-2-5(3-7)8-4/h2,7H,1,3H2. The van der Waals surface area contributed by atoms with Crippen LogP contribution in [0.5, 0.6) is 0 Å². The lowest BCUT2D eigenvalue weighted by molar-refractivity contribution is 0.285. The molecule has 8 heavy (non-hydrogen) atoms. The van der Waals surface area contributed by atoms with Crippen molar-refractivity contribution in [2.24, 2.45) is 0 Å². The lowest BCUT2D eigenvalue weighted by Crippen LogP contribution is -1.70. The van der Waals surface area contributed by atoms with Crippen molar-refractivity contribution in [1.29, 1.82) is 0 Å². The van der Waals surface area contributed by atoms with Gasteiger partial charge in [-0.15, -0.1) is 11.3 Å². The molecule has 0 aliphatic carbocycles. The highest BCUT2D eigenvalue weighted by atomic mass is 32.1. The van der Waals surface area contributed by atoms with E-state index in [0.29, 0.717) is 0 Å². The zero-order chi connectivity index (χ0) is 5.98. The summed E-state index contributed by atoms with van der Waals surface area (Å²) in [5, 5.41) is 9.25. The minimum absolute atomic E-state index is 0.0766. The smallest absolute Gasteiger partial charge is 0.0932 e. The number of nitrogens with zero attached hydrogens (tertiary/aromatic N) is 1. The molecule has 0 spiro atoms. The largest absolute Gasteiger partial charge is 0.391 e. The van der Waals surface area contributed by atoms with Gasteiger partial charge in [0.2, 0.25) is 0 Å². The molecule has 2 nitrogen and oxygen atoms in total. The molecule has 43 valence electrons. The summed E-state index contributed by atoms with van der Waals surface area (Å²) in [6, 6.07) is 0. The third-order valence-corrected chi connectivity index (χ3v) is 1.60. The van der Waals surface area contributed by atoms with E-state index >= 15 is 0 Å². The highest BCUT2D eigenvalue weighted by Crippen LogP contribution is 2.09. The Balaban J connectivity index is 2.84. The van der Waals surface area contributed by atoms with E-state index in [-0.39, 0.29) is 6.61 Å². The molecule has 0 saturated carbocycles. The molecule has 0 bridgehead atoms. The van der Waals surface area contributed by atoms with Crippen molar-refractivity contribution in [2.75, 3.05) is 0 Å². The van der Waals surface area contributed by atoms with Crippen LogP contribution in [0.1, 0.15) is 9.88 Å². The maximum Gasteiger partial charge on any atom is 0.0932 e. The molecule has 1 radical (unpaired) electrons. The molecule has 1 heterocycles. The van der Waals surface area contributed by atoms with E-state index < -0.39 is 0 Å². The van der Waals surface area contributed by atoms with E-state index in [1.54, 1.807) is 6.20 Å². The van der Waals surface area contributed by atoms with Crippen LogP contribution < -0.4 is 0 Å². The Bertz CT molecular complexity index is 173. The van der Waals surface area contributed by atoms with Crippen molar-refractivity contribution in [3.8, 4) is 0 Å². The zero-order valence-electron chi connectivity index (χ0n) is 4.29. The summed E-state index contributed by atoms with van der Waals surface area (Å²) in [5.41, 5.74) is 0. The molecular weight excluding hydrogens is 122 g/mol. The van der Waals surface area contributed by atoms with E-state index in [4.69, 9.17) is 5.11 Å². The average Bonchev–Trinajstić information content (AvgIpc) is 2.14. The van der Waals surface area contributed by atoms with E-state index in [2.05, 4.69) is 11.9 Å². The van der Waals surface area contributed by atoms with Gasteiger partial charge in [0.25, 0.3) is 0 Å². The molecule has 3 heteroatoms. The lowest BCUT2D eigenvalue weighted by atomic mass is 10.6. The molecule has 0 aliphatic heterocycles. The Labute approximate surface area is 51.8 Å². The molecule has 0 fully saturated rings. The molecule has 0 atom stereocenters. The number of rotatable bonds is 1. The quantitative estimate of drug-likeness (QED) is 0.607. The third kappa shape index (κ3) is 1.05. The normalized spacial score (nSPS) is 9.75. The van der Waals surface area contributed by atoms with Crippen molar-refractivity contribution in [2.45, 2.75) is 6.61 Å². The molecule has 0 aliphatic rings. The first-order valence-corrected chi connectivity index (χ1v) is 3.02. The lowest BCUT2D eigenvalue weighted by Gasteiger charge is -1.78. The second-order valence-corrected chi connectivity index (χ2v) is 2.58. The number of thiazole rings is 1. The summed E-state index contributed by atoms with van der Waals surface area (Å²) < 4.78 is 0. The van der Waals surface area contributed by atoms with Crippen molar-refractivity contribution < 1.29 is 5.11 Å². The Morgan fingerprint density at radius 3 is 2.88 bits per heavy atom. The molecule has 0 saturated heterocycles. The molecule has 0 aromatic carbocycles. The second-order valence-electron chi connectivity index (χ2n) is 1.38. The van der Waals surface area contributed by atoms with Crippen LogP contribution in [0.15, 0.2) is 6.20 Å². The van der Waals surface area contributed by atoms with Gasteiger partial charge in [-0.1, -0.05) is 0 Å². The van der Waals surface area contributed by atoms with Crippen LogP contribution in [0.3, 0.4) is 0 Å². The maximum atomic E-state index is 8.49. The van der Waals surface area contributed by atoms with Gasteiger partial charge in [0, 0.05) is 13.1 Å². The van der Waals surface area contributed by atoms with Gasteiger partial charge in [-0.3, -0.25) is 0 Å². The highest BCUT2D eigenvalue weighted by Gasteiger charge is 1.92. The van der Waals surface area contributed by atoms with E-state index in [9.17, 15) is 0 Å². The van der Waals surface area contributed by atoms with Gasteiger partial charge in [-0.05, 0) is 0 Å². The van der Waals surface area contributed by atoms with Gasteiger partial charge in [0.1, 0.15) is 0 Å². The predicted molar refractivity (Wildman–Crippen MR) is 32.5 cm³/mol. The van der Waals surface area contributed by atoms with Crippen LogP contribution >= 0.6 is 11.3 Å². The Morgan fingerprint density at radius 2 is 2.62 bits per heavy atom. The predicted octanol–water partition coefficient (Wildman–Crippen LogP) is 0.818. The Morgan fingerprint density at radius 1 is 1.88 bits per heavy atom. The van der Waals surface area contributed by atoms with Crippen molar-refractivity contribution in [3.63, 3.8) is 0 Å². The van der Waals surface area contributed by atoms with Crippen LogP contribution in [-0.2, 0) is 6.61 Å². The van der Waals surface area contributed by atoms with Crippen molar-refractivity contribution >= 4 is 11.3 Å². The Kier molecular flexibility index (Phi) is 1.60. The minimum atomic E-state index is 0.0766. The summed E-state index contributed by atoms with van der Waals surface area (Å²) in [5.74, 6) is 0. The first kappa shape index (κ1) is 5.72. The fourth-order valence-corrected chi connectivity index (χ4v) is 0.999. The van der Waals surface area contributed by atoms with Crippen LogP contribution in [0, 0.1) is 6.92 Å². The van der Waals surface area contributed by atoms with Crippen LogP contribution in [0.4, 0.5) is 0 Å². The number of hydrogen-bond acceptors (Lipinski definition) is 3. The van der Waals surface area contributed by atoms with Gasteiger partial charge in [0.15, 0.2) is 0 Å². The first-order chi connectivity index (χ1) is 3.83. The average molecular weight is 128 g/mol. The van der Waals surface area contributed by atoms with Gasteiger partial charge in [-0.2, -0.15) is 0 Å². The van der Waals surface area contributed by atoms with E-state index in [1.165, 1.54) is 11.3 Å². The second kappa shape index (κ2) is 2.24. The van der Waals surface area contributed by atoms with Crippen molar-refractivity contribution in [3.05, 3.63) is 23.0 Å². The van der Waals surface area contributed by atoms with Crippen LogP contribution in [0.25, 0.3) is 0 Å². The summed E-state index contributed by atoms with van der Waals surface area (Å²) >= 11 is 1.42. The zero-order valence-corrected chi connectivity index (χ0v) is 5.11. The summed E-state index contributed by atoms with van der Waals surface area (Å²) in [6.45, 7) is 3.66. The SMILES string of the molecule is [CH2]c1ncc(CO)s1. The topological polar surface area (TPSA) is 33.1 Å².